The van der Waals surface area contributed by atoms with Gasteiger partial charge in [0, 0.05) is 16.5 Å². The summed E-state index contributed by atoms with van der Waals surface area (Å²) in [6.07, 6.45) is 0. The van der Waals surface area contributed by atoms with Crippen LogP contribution in [0.3, 0.4) is 0 Å². The molecule has 0 bridgehead atoms. The van der Waals surface area contributed by atoms with Crippen LogP contribution in [0.25, 0.3) is 10.8 Å². The summed E-state index contributed by atoms with van der Waals surface area (Å²) in [5.74, 6) is -0.0985. The number of anilines is 1. The normalized spacial score (nSPS) is 10.3. The smallest absolute Gasteiger partial charge is 0.313 e. The van der Waals surface area contributed by atoms with Gasteiger partial charge in [0.15, 0.2) is 0 Å². The Morgan fingerprint density at radius 3 is 2.32 bits per heavy atom. The largest absolute Gasteiger partial charge is 0.507 e. The van der Waals surface area contributed by atoms with Crippen molar-refractivity contribution in [1.82, 2.24) is 5.32 Å². The van der Waals surface area contributed by atoms with Gasteiger partial charge in [-0.15, -0.1) is 0 Å². The number of hydrogen-bond donors (Lipinski definition) is 3. The molecule has 7 heteroatoms. The molecule has 3 N–H and O–H groups in total. The Kier molecular flexibility index (Phi) is 5.96. The predicted molar refractivity (Wildman–Crippen MR) is 106 cm³/mol. The van der Waals surface area contributed by atoms with Crippen molar-refractivity contribution in [2.24, 2.45) is 0 Å². The molecule has 3 rings (SSSR count). The highest BCUT2D eigenvalue weighted by Gasteiger charge is 2.15. The molecular formula is C21H20N2O5. The van der Waals surface area contributed by atoms with E-state index in [0.29, 0.717) is 22.2 Å². The molecule has 28 heavy (non-hydrogen) atoms. The topological polar surface area (TPSA) is 96.9 Å². The van der Waals surface area contributed by atoms with Gasteiger partial charge in [0.1, 0.15) is 23.9 Å². The maximum atomic E-state index is 12.1. The van der Waals surface area contributed by atoms with E-state index in [-0.39, 0.29) is 18.9 Å². The van der Waals surface area contributed by atoms with Gasteiger partial charge < -0.3 is 25.2 Å². The van der Waals surface area contributed by atoms with Crippen molar-refractivity contribution in [2.75, 3.05) is 25.6 Å². The average molecular weight is 380 g/mol. The van der Waals surface area contributed by atoms with E-state index in [0.717, 1.165) is 5.75 Å². The number of nitrogens with one attached hydrogen (secondary N) is 2. The van der Waals surface area contributed by atoms with Crippen molar-refractivity contribution in [3.63, 3.8) is 0 Å². The third-order valence-electron chi connectivity index (χ3n) is 4.07. The number of benzene rings is 3. The number of ether oxygens (including phenoxy) is 2. The summed E-state index contributed by atoms with van der Waals surface area (Å²) >= 11 is 0. The van der Waals surface area contributed by atoms with E-state index >= 15 is 0 Å². The first kappa shape index (κ1) is 19.0. The fraction of sp³-hybridized carbons (Fsp3) is 0.143. The first-order chi connectivity index (χ1) is 13.6. The molecule has 0 aliphatic carbocycles. The lowest BCUT2D eigenvalue weighted by atomic mass is 10.1. The summed E-state index contributed by atoms with van der Waals surface area (Å²) in [5.41, 5.74) is 0.447. The van der Waals surface area contributed by atoms with Crippen LogP contribution in [-0.2, 0) is 9.59 Å². The van der Waals surface area contributed by atoms with Crippen LogP contribution >= 0.6 is 0 Å². The molecule has 3 aromatic rings. The number of phenolic OH excluding ortho intramolecular Hbond substituents is 1. The van der Waals surface area contributed by atoms with Crippen molar-refractivity contribution < 1.29 is 24.2 Å². The number of rotatable bonds is 6. The number of aromatic hydroxyl groups is 1. The van der Waals surface area contributed by atoms with E-state index < -0.39 is 11.8 Å². The molecular weight excluding hydrogens is 360 g/mol. The number of fused-ring (bicyclic) bond motifs is 1. The number of carbonyl (C=O) groups excluding carboxylic acids is 2. The van der Waals surface area contributed by atoms with Crippen molar-refractivity contribution in [3.05, 3.63) is 60.7 Å². The molecule has 3 aromatic carbocycles. The zero-order valence-corrected chi connectivity index (χ0v) is 15.3. The van der Waals surface area contributed by atoms with Crippen molar-refractivity contribution in [1.29, 1.82) is 0 Å². The van der Waals surface area contributed by atoms with Crippen molar-refractivity contribution in [3.8, 4) is 17.2 Å². The number of methoxy groups -OCH3 is 1. The third-order valence-corrected chi connectivity index (χ3v) is 4.07. The minimum atomic E-state index is -0.791. The molecule has 0 atom stereocenters. The van der Waals surface area contributed by atoms with E-state index in [2.05, 4.69) is 10.6 Å². The number of carbonyl (C=O) groups is 2. The molecule has 0 saturated heterocycles. The van der Waals surface area contributed by atoms with Crippen LogP contribution in [0.5, 0.6) is 17.2 Å². The van der Waals surface area contributed by atoms with Gasteiger partial charge in [-0.1, -0.05) is 24.3 Å². The van der Waals surface area contributed by atoms with Crippen LogP contribution in [-0.4, -0.2) is 37.2 Å². The lowest BCUT2D eigenvalue weighted by molar-refractivity contribution is -0.136. The Morgan fingerprint density at radius 2 is 1.57 bits per heavy atom. The summed E-state index contributed by atoms with van der Waals surface area (Å²) in [7, 11) is 1.58. The molecule has 0 aliphatic rings. The van der Waals surface area contributed by atoms with Crippen LogP contribution < -0.4 is 20.1 Å². The van der Waals surface area contributed by atoms with Crippen molar-refractivity contribution in [2.45, 2.75) is 0 Å². The maximum Gasteiger partial charge on any atom is 0.313 e. The van der Waals surface area contributed by atoms with E-state index in [4.69, 9.17) is 9.47 Å². The highest BCUT2D eigenvalue weighted by Crippen LogP contribution is 2.29. The molecule has 7 nitrogen and oxygen atoms in total. The molecule has 0 aromatic heterocycles. The minimum Gasteiger partial charge on any atom is -0.507 e. The highest BCUT2D eigenvalue weighted by atomic mass is 16.5. The Balaban J connectivity index is 1.51. The summed E-state index contributed by atoms with van der Waals surface area (Å²) in [4.78, 5) is 24.1. The standard InChI is InChI=1S/C21H20N2O5/c1-27-14-8-10-15(11-9-14)28-13-12-22-20(25)21(26)23-18-6-2-5-17-16(18)4-3-7-19(17)24/h2-11,24H,12-13H2,1H3,(H,22,25)(H,23,26). The fourth-order valence-corrected chi connectivity index (χ4v) is 2.67. The van der Waals surface area contributed by atoms with Gasteiger partial charge >= 0.3 is 11.8 Å². The number of hydrogen-bond acceptors (Lipinski definition) is 5. The Bertz CT molecular complexity index is 986. The first-order valence-electron chi connectivity index (χ1n) is 8.65. The minimum absolute atomic E-state index is 0.105. The Labute approximate surface area is 161 Å². The van der Waals surface area contributed by atoms with E-state index in [1.807, 2.05) is 0 Å². The molecule has 0 heterocycles. The number of amides is 2. The predicted octanol–water partition coefficient (Wildman–Crippen LogP) is 2.69. The first-order valence-corrected chi connectivity index (χ1v) is 8.65. The summed E-state index contributed by atoms with van der Waals surface area (Å²) in [5, 5.41) is 16.2. The van der Waals surface area contributed by atoms with Crippen LogP contribution in [0, 0.1) is 0 Å². The van der Waals surface area contributed by atoms with Gasteiger partial charge in [-0.3, -0.25) is 9.59 Å². The molecule has 0 unspecified atom stereocenters. The van der Waals surface area contributed by atoms with Crippen LogP contribution in [0.15, 0.2) is 60.7 Å². The second-order valence-electron chi connectivity index (χ2n) is 5.91. The second-order valence-corrected chi connectivity index (χ2v) is 5.91. The monoisotopic (exact) mass is 380 g/mol. The molecule has 2 amide bonds. The Morgan fingerprint density at radius 1 is 0.893 bits per heavy atom. The summed E-state index contributed by atoms with van der Waals surface area (Å²) in [6.45, 7) is 0.391. The molecule has 0 spiro atoms. The summed E-state index contributed by atoms with van der Waals surface area (Å²) < 4.78 is 10.6. The van der Waals surface area contributed by atoms with Crippen molar-refractivity contribution >= 4 is 28.3 Å². The zero-order valence-electron chi connectivity index (χ0n) is 15.3. The quantitative estimate of drug-likeness (QED) is 0.451. The van der Waals surface area contributed by atoms with Crippen LogP contribution in [0.4, 0.5) is 5.69 Å². The fourth-order valence-electron chi connectivity index (χ4n) is 2.67. The second kappa shape index (κ2) is 8.77. The molecule has 144 valence electrons. The number of phenols is 1. The Hall–Kier alpha value is -3.74. The van der Waals surface area contributed by atoms with E-state index in [1.54, 1.807) is 67.8 Å². The highest BCUT2D eigenvalue weighted by molar-refractivity contribution is 6.40. The molecule has 0 aliphatic heterocycles. The lowest BCUT2D eigenvalue weighted by Gasteiger charge is -2.10. The SMILES string of the molecule is COc1ccc(OCCNC(=O)C(=O)Nc2cccc3c(O)cccc23)cc1. The van der Waals surface area contributed by atoms with E-state index in [1.165, 1.54) is 0 Å². The van der Waals surface area contributed by atoms with Gasteiger partial charge in [-0.25, -0.2) is 0 Å². The van der Waals surface area contributed by atoms with Gasteiger partial charge in [-0.05, 0) is 36.4 Å². The van der Waals surface area contributed by atoms with E-state index in [9.17, 15) is 14.7 Å². The van der Waals surface area contributed by atoms with Gasteiger partial charge in [0.2, 0.25) is 0 Å². The van der Waals surface area contributed by atoms with Gasteiger partial charge in [-0.2, -0.15) is 0 Å². The van der Waals surface area contributed by atoms with Crippen LogP contribution in [0.1, 0.15) is 0 Å². The third kappa shape index (κ3) is 4.50. The van der Waals surface area contributed by atoms with Crippen LogP contribution in [0.2, 0.25) is 0 Å². The average Bonchev–Trinajstić information content (AvgIpc) is 2.72. The molecule has 0 fully saturated rings. The molecule has 0 radical (unpaired) electrons. The van der Waals surface area contributed by atoms with Gasteiger partial charge in [0.05, 0.1) is 13.7 Å². The maximum absolute atomic E-state index is 12.1. The molecule has 0 saturated carbocycles. The van der Waals surface area contributed by atoms with Gasteiger partial charge in [0.25, 0.3) is 0 Å². The summed E-state index contributed by atoms with van der Waals surface area (Å²) in [6, 6.07) is 17.1. The zero-order chi connectivity index (χ0) is 19.9. The lowest BCUT2D eigenvalue weighted by Crippen LogP contribution is -2.37.